The number of likely N-dealkylation sites (tertiary alicyclic amines) is 1. The minimum Gasteiger partial charge on any atom is -0.489 e. The molecule has 1 aliphatic rings. The Hall–Kier alpha value is -3.57. The number of furan rings is 1. The molecule has 1 amide bonds. The van der Waals surface area contributed by atoms with E-state index in [0.29, 0.717) is 13.0 Å². The number of benzene rings is 3. The average Bonchev–Trinajstić information content (AvgIpc) is 3.57. The van der Waals surface area contributed by atoms with Gasteiger partial charge < -0.3 is 19.0 Å². The molecule has 0 N–H and O–H groups in total. The largest absolute Gasteiger partial charge is 0.489 e. The summed E-state index contributed by atoms with van der Waals surface area (Å²) >= 11 is 0. The number of likely N-dealkylation sites (N-methyl/N-ethyl adjacent to an activating group) is 1. The van der Waals surface area contributed by atoms with Crippen LogP contribution in [-0.2, 0) is 17.8 Å². The maximum atomic E-state index is 13.5. The summed E-state index contributed by atoms with van der Waals surface area (Å²) in [6, 6.07) is 26.2. The molecule has 0 saturated carbocycles. The summed E-state index contributed by atoms with van der Waals surface area (Å²) in [6.45, 7) is 3.49. The zero-order chi connectivity index (χ0) is 24.0. The van der Waals surface area contributed by atoms with Gasteiger partial charge in [-0.2, -0.15) is 0 Å². The van der Waals surface area contributed by atoms with E-state index < -0.39 is 0 Å². The highest BCUT2D eigenvalue weighted by Gasteiger charge is 2.26. The Morgan fingerprint density at radius 3 is 2.60 bits per heavy atom. The third kappa shape index (κ3) is 5.57. The second-order valence-corrected chi connectivity index (χ2v) is 9.31. The van der Waals surface area contributed by atoms with E-state index >= 15 is 0 Å². The molecule has 3 aromatic carbocycles. The lowest BCUT2D eigenvalue weighted by atomic mass is 10.0. The molecule has 5 nitrogen and oxygen atoms in total. The van der Waals surface area contributed by atoms with Crippen molar-refractivity contribution in [1.29, 1.82) is 0 Å². The van der Waals surface area contributed by atoms with E-state index in [0.717, 1.165) is 53.0 Å². The SMILES string of the molecule is CN(C(=O)Cc1coc2ccccc12)[C@H](CN1CCCC1)c1cccc(OCc2ccccc2)c1. The maximum absolute atomic E-state index is 13.5. The van der Waals surface area contributed by atoms with E-state index in [4.69, 9.17) is 9.15 Å². The normalized spacial score (nSPS) is 14.8. The van der Waals surface area contributed by atoms with Gasteiger partial charge in [-0.25, -0.2) is 0 Å². The fourth-order valence-electron chi connectivity index (χ4n) is 4.84. The van der Waals surface area contributed by atoms with Crippen LogP contribution in [0.1, 0.15) is 35.6 Å². The number of fused-ring (bicyclic) bond motifs is 1. The molecule has 0 bridgehead atoms. The first-order valence-electron chi connectivity index (χ1n) is 12.4. The van der Waals surface area contributed by atoms with Crippen LogP contribution in [0.5, 0.6) is 5.75 Å². The lowest BCUT2D eigenvalue weighted by Gasteiger charge is -2.32. The Morgan fingerprint density at radius 1 is 1.00 bits per heavy atom. The van der Waals surface area contributed by atoms with E-state index in [-0.39, 0.29) is 11.9 Å². The second kappa shape index (κ2) is 10.8. The molecule has 0 spiro atoms. The predicted molar refractivity (Wildman–Crippen MR) is 138 cm³/mol. The van der Waals surface area contributed by atoms with Gasteiger partial charge in [0.15, 0.2) is 0 Å². The van der Waals surface area contributed by atoms with Crippen LogP contribution in [-0.4, -0.2) is 42.4 Å². The van der Waals surface area contributed by atoms with Gasteiger partial charge in [0.05, 0.1) is 18.7 Å². The molecular weight excluding hydrogens is 436 g/mol. The van der Waals surface area contributed by atoms with E-state index in [2.05, 4.69) is 29.2 Å². The minimum atomic E-state index is -0.0564. The highest BCUT2D eigenvalue weighted by molar-refractivity contribution is 5.87. The second-order valence-electron chi connectivity index (χ2n) is 9.31. The number of hydrogen-bond donors (Lipinski definition) is 0. The molecule has 180 valence electrons. The van der Waals surface area contributed by atoms with Crippen molar-refractivity contribution < 1.29 is 13.9 Å². The zero-order valence-electron chi connectivity index (χ0n) is 20.2. The number of carbonyl (C=O) groups excluding carboxylic acids is 1. The number of ether oxygens (including phenoxy) is 1. The van der Waals surface area contributed by atoms with Gasteiger partial charge in [-0.05, 0) is 55.3 Å². The number of nitrogens with zero attached hydrogens (tertiary/aromatic N) is 2. The molecule has 0 unspecified atom stereocenters. The van der Waals surface area contributed by atoms with Gasteiger partial charge in [-0.1, -0.05) is 60.7 Å². The standard InChI is InChI=1S/C30H32N2O3/c1-31(30(33)19-25-22-35-29-15-6-5-14-27(25)29)28(20-32-16-7-8-17-32)24-12-9-13-26(18-24)34-21-23-10-3-2-4-11-23/h2-6,9-15,18,22,28H,7-8,16-17,19-21H2,1H3/t28-/m1/s1. The van der Waals surface area contributed by atoms with Crippen LogP contribution in [0.3, 0.4) is 0 Å². The average molecular weight is 469 g/mol. The number of hydrogen-bond acceptors (Lipinski definition) is 4. The fraction of sp³-hybridized carbons (Fsp3) is 0.300. The molecular formula is C30H32N2O3. The van der Waals surface area contributed by atoms with Crippen molar-refractivity contribution in [3.63, 3.8) is 0 Å². The molecule has 4 aromatic rings. The Morgan fingerprint density at radius 2 is 1.77 bits per heavy atom. The van der Waals surface area contributed by atoms with Crippen molar-refractivity contribution in [2.24, 2.45) is 0 Å². The smallest absolute Gasteiger partial charge is 0.227 e. The maximum Gasteiger partial charge on any atom is 0.227 e. The van der Waals surface area contributed by atoms with Crippen LogP contribution in [0, 0.1) is 0 Å². The van der Waals surface area contributed by atoms with Crippen molar-refractivity contribution in [2.75, 3.05) is 26.7 Å². The van der Waals surface area contributed by atoms with Gasteiger partial charge in [0.2, 0.25) is 5.91 Å². The third-order valence-corrected chi connectivity index (χ3v) is 6.88. The third-order valence-electron chi connectivity index (χ3n) is 6.88. The summed E-state index contributed by atoms with van der Waals surface area (Å²) in [5, 5.41) is 1.00. The summed E-state index contributed by atoms with van der Waals surface area (Å²) in [4.78, 5) is 17.8. The van der Waals surface area contributed by atoms with Gasteiger partial charge in [-0.15, -0.1) is 0 Å². The van der Waals surface area contributed by atoms with E-state index in [9.17, 15) is 4.79 Å². The Bertz CT molecular complexity index is 1260. The summed E-state index contributed by atoms with van der Waals surface area (Å²) in [6.07, 6.45) is 4.45. The molecule has 0 aliphatic carbocycles. The van der Waals surface area contributed by atoms with Crippen molar-refractivity contribution in [3.8, 4) is 5.75 Å². The lowest BCUT2D eigenvalue weighted by molar-refractivity contribution is -0.131. The van der Waals surface area contributed by atoms with Crippen LogP contribution in [0.25, 0.3) is 11.0 Å². The molecule has 5 heteroatoms. The van der Waals surface area contributed by atoms with E-state index in [1.807, 2.05) is 66.5 Å². The fourth-order valence-corrected chi connectivity index (χ4v) is 4.84. The van der Waals surface area contributed by atoms with E-state index in [1.165, 1.54) is 12.8 Å². The molecule has 2 heterocycles. The first-order valence-corrected chi connectivity index (χ1v) is 12.4. The van der Waals surface area contributed by atoms with Gasteiger partial charge in [-0.3, -0.25) is 4.79 Å². The highest BCUT2D eigenvalue weighted by atomic mass is 16.5. The summed E-state index contributed by atoms with van der Waals surface area (Å²) in [7, 11) is 1.92. The monoisotopic (exact) mass is 468 g/mol. The molecule has 1 saturated heterocycles. The van der Waals surface area contributed by atoms with Crippen LogP contribution in [0.15, 0.2) is 89.5 Å². The Kier molecular flexibility index (Phi) is 7.15. The number of rotatable bonds is 9. The van der Waals surface area contributed by atoms with Crippen LogP contribution in [0.4, 0.5) is 0 Å². The summed E-state index contributed by atoms with van der Waals surface area (Å²) in [5.74, 6) is 0.899. The Labute approximate surface area is 206 Å². The molecule has 0 radical (unpaired) electrons. The topological polar surface area (TPSA) is 45.9 Å². The van der Waals surface area contributed by atoms with Gasteiger partial charge in [0.1, 0.15) is 17.9 Å². The highest BCUT2D eigenvalue weighted by Crippen LogP contribution is 2.28. The zero-order valence-corrected chi connectivity index (χ0v) is 20.2. The Balaban J connectivity index is 1.35. The first-order chi connectivity index (χ1) is 17.2. The predicted octanol–water partition coefficient (Wildman–Crippen LogP) is 5.85. The molecule has 1 aliphatic heterocycles. The molecule has 5 rings (SSSR count). The van der Waals surface area contributed by atoms with Gasteiger partial charge in [0.25, 0.3) is 0 Å². The van der Waals surface area contributed by atoms with E-state index in [1.54, 1.807) is 6.26 Å². The number of para-hydroxylation sites is 1. The van der Waals surface area contributed by atoms with Gasteiger partial charge >= 0.3 is 0 Å². The van der Waals surface area contributed by atoms with Crippen LogP contribution < -0.4 is 4.74 Å². The minimum absolute atomic E-state index is 0.0564. The van der Waals surface area contributed by atoms with Crippen molar-refractivity contribution >= 4 is 16.9 Å². The van der Waals surface area contributed by atoms with Crippen LogP contribution in [0.2, 0.25) is 0 Å². The molecule has 35 heavy (non-hydrogen) atoms. The summed E-state index contributed by atoms with van der Waals surface area (Å²) in [5.41, 5.74) is 3.97. The van der Waals surface area contributed by atoms with Crippen molar-refractivity contribution in [3.05, 3.63) is 102 Å². The number of carbonyl (C=O) groups is 1. The molecule has 1 atom stereocenters. The van der Waals surface area contributed by atoms with Gasteiger partial charge in [0, 0.05) is 24.5 Å². The first kappa shape index (κ1) is 23.2. The quantitative estimate of drug-likeness (QED) is 0.309. The van der Waals surface area contributed by atoms with Crippen molar-refractivity contribution in [2.45, 2.75) is 31.9 Å². The van der Waals surface area contributed by atoms with Crippen molar-refractivity contribution in [1.82, 2.24) is 9.80 Å². The number of amides is 1. The lowest BCUT2D eigenvalue weighted by Crippen LogP contribution is -2.39. The van der Waals surface area contributed by atoms with Crippen LogP contribution >= 0.6 is 0 Å². The molecule has 1 fully saturated rings. The summed E-state index contributed by atoms with van der Waals surface area (Å²) < 4.78 is 11.8. The molecule has 1 aromatic heterocycles.